The molecule has 0 amide bonds. The van der Waals surface area contributed by atoms with Gasteiger partial charge in [-0.2, -0.15) is 0 Å². The van der Waals surface area contributed by atoms with Crippen molar-refractivity contribution in [3.8, 4) is 0 Å². The fourth-order valence-electron chi connectivity index (χ4n) is 2.05. The van der Waals surface area contributed by atoms with Crippen molar-refractivity contribution in [1.82, 2.24) is 10.3 Å². The second-order valence-corrected chi connectivity index (χ2v) is 4.79. The second-order valence-electron chi connectivity index (χ2n) is 4.79. The summed E-state index contributed by atoms with van der Waals surface area (Å²) in [4.78, 5) is 4.19. The number of hydrogen-bond donors (Lipinski definition) is 1. The van der Waals surface area contributed by atoms with Crippen molar-refractivity contribution in [3.63, 3.8) is 0 Å². The first kappa shape index (κ1) is 12.8. The highest BCUT2D eigenvalue weighted by atomic mass is 14.8. The molecule has 0 spiro atoms. The molecule has 2 rings (SSSR count). The summed E-state index contributed by atoms with van der Waals surface area (Å²) in [5.74, 6) is 0. The van der Waals surface area contributed by atoms with Gasteiger partial charge < -0.3 is 5.32 Å². The molecule has 0 atom stereocenters. The Kier molecular flexibility index (Phi) is 4.48. The van der Waals surface area contributed by atoms with Crippen molar-refractivity contribution in [3.05, 3.63) is 65.0 Å². The standard InChI is InChI=1S/C16H20N2/c1-13-4-3-5-15(8-13)6-7-17-11-16-9-14(2)10-18-12-16/h3-5,8-10,12,17H,6-7,11H2,1-2H3. The molecule has 0 saturated heterocycles. The molecule has 0 bridgehead atoms. The fraction of sp³-hybridized carbons (Fsp3) is 0.312. The van der Waals surface area contributed by atoms with Crippen LogP contribution in [0.3, 0.4) is 0 Å². The highest BCUT2D eigenvalue weighted by Gasteiger charge is 1.96. The first-order valence-electron chi connectivity index (χ1n) is 6.41. The summed E-state index contributed by atoms with van der Waals surface area (Å²) in [5, 5.41) is 3.46. The van der Waals surface area contributed by atoms with Crippen LogP contribution < -0.4 is 5.32 Å². The zero-order valence-corrected chi connectivity index (χ0v) is 11.1. The molecule has 1 aromatic heterocycles. The molecule has 1 aromatic carbocycles. The van der Waals surface area contributed by atoms with E-state index in [2.05, 4.69) is 54.5 Å². The first-order valence-corrected chi connectivity index (χ1v) is 6.41. The highest BCUT2D eigenvalue weighted by molar-refractivity contribution is 5.22. The van der Waals surface area contributed by atoms with E-state index in [9.17, 15) is 0 Å². The summed E-state index contributed by atoms with van der Waals surface area (Å²) in [5.41, 5.74) is 5.19. The van der Waals surface area contributed by atoms with Gasteiger partial charge in [-0.1, -0.05) is 35.9 Å². The second kappa shape index (κ2) is 6.31. The van der Waals surface area contributed by atoms with E-state index in [-0.39, 0.29) is 0 Å². The molecule has 0 radical (unpaired) electrons. The molecular formula is C16H20N2. The Hall–Kier alpha value is -1.67. The van der Waals surface area contributed by atoms with Crippen LogP contribution in [0.25, 0.3) is 0 Å². The molecule has 0 unspecified atom stereocenters. The maximum absolute atomic E-state index is 4.19. The van der Waals surface area contributed by atoms with Gasteiger partial charge >= 0.3 is 0 Å². The summed E-state index contributed by atoms with van der Waals surface area (Å²) in [6.07, 6.45) is 4.88. The molecule has 2 heteroatoms. The van der Waals surface area contributed by atoms with Crippen molar-refractivity contribution in [2.45, 2.75) is 26.8 Å². The van der Waals surface area contributed by atoms with Crippen molar-refractivity contribution in [2.24, 2.45) is 0 Å². The topological polar surface area (TPSA) is 24.9 Å². The maximum atomic E-state index is 4.19. The van der Waals surface area contributed by atoms with Gasteiger partial charge in [0.05, 0.1) is 0 Å². The average molecular weight is 240 g/mol. The largest absolute Gasteiger partial charge is 0.312 e. The van der Waals surface area contributed by atoms with Crippen molar-refractivity contribution in [1.29, 1.82) is 0 Å². The fourth-order valence-corrected chi connectivity index (χ4v) is 2.05. The monoisotopic (exact) mass is 240 g/mol. The predicted molar refractivity (Wildman–Crippen MR) is 75.6 cm³/mol. The van der Waals surface area contributed by atoms with Gasteiger partial charge in [0.1, 0.15) is 0 Å². The van der Waals surface area contributed by atoms with E-state index in [1.54, 1.807) is 0 Å². The molecule has 2 aromatic rings. The van der Waals surface area contributed by atoms with Crippen LogP contribution in [-0.4, -0.2) is 11.5 Å². The lowest BCUT2D eigenvalue weighted by Gasteiger charge is -2.06. The van der Waals surface area contributed by atoms with Gasteiger partial charge in [0.15, 0.2) is 0 Å². The average Bonchev–Trinajstić information content (AvgIpc) is 2.35. The smallest absolute Gasteiger partial charge is 0.0313 e. The minimum absolute atomic E-state index is 0.889. The van der Waals surface area contributed by atoms with Crippen molar-refractivity contribution < 1.29 is 0 Å². The lowest BCUT2D eigenvalue weighted by atomic mass is 10.1. The first-order chi connectivity index (χ1) is 8.74. The zero-order chi connectivity index (χ0) is 12.8. The molecule has 0 aliphatic heterocycles. The van der Waals surface area contributed by atoms with Gasteiger partial charge in [-0.25, -0.2) is 0 Å². The number of nitrogens with one attached hydrogen (secondary N) is 1. The lowest BCUT2D eigenvalue weighted by Crippen LogP contribution is -2.16. The quantitative estimate of drug-likeness (QED) is 0.813. The molecule has 1 N–H and O–H groups in total. The Morgan fingerprint density at radius 3 is 2.61 bits per heavy atom. The van der Waals surface area contributed by atoms with Gasteiger partial charge in [0.2, 0.25) is 0 Å². The Labute approximate surface area is 109 Å². The van der Waals surface area contributed by atoms with E-state index in [4.69, 9.17) is 0 Å². The molecular weight excluding hydrogens is 220 g/mol. The SMILES string of the molecule is Cc1cccc(CCNCc2cncc(C)c2)c1. The third-order valence-corrected chi connectivity index (χ3v) is 2.93. The number of aromatic nitrogens is 1. The molecule has 2 nitrogen and oxygen atoms in total. The lowest BCUT2D eigenvalue weighted by molar-refractivity contribution is 0.684. The van der Waals surface area contributed by atoms with Gasteiger partial charge in [-0.15, -0.1) is 0 Å². The third-order valence-electron chi connectivity index (χ3n) is 2.93. The zero-order valence-electron chi connectivity index (χ0n) is 11.1. The molecule has 1 heterocycles. The van der Waals surface area contributed by atoms with E-state index >= 15 is 0 Å². The van der Waals surface area contributed by atoms with E-state index in [0.29, 0.717) is 0 Å². The number of benzene rings is 1. The molecule has 0 aliphatic rings. The van der Waals surface area contributed by atoms with Gasteiger partial charge in [0.25, 0.3) is 0 Å². The van der Waals surface area contributed by atoms with Crippen LogP contribution in [0.4, 0.5) is 0 Å². The van der Waals surface area contributed by atoms with Gasteiger partial charge in [-0.3, -0.25) is 4.98 Å². The molecule has 0 fully saturated rings. The van der Waals surface area contributed by atoms with Gasteiger partial charge in [0, 0.05) is 18.9 Å². The van der Waals surface area contributed by atoms with Gasteiger partial charge in [-0.05, 0) is 43.5 Å². The van der Waals surface area contributed by atoms with E-state index in [1.165, 1.54) is 22.3 Å². The molecule has 0 aliphatic carbocycles. The number of pyridine rings is 1. The Morgan fingerprint density at radius 2 is 1.83 bits per heavy atom. The number of rotatable bonds is 5. The number of hydrogen-bond acceptors (Lipinski definition) is 2. The van der Waals surface area contributed by atoms with Crippen LogP contribution in [0.15, 0.2) is 42.7 Å². The number of aryl methyl sites for hydroxylation is 2. The Morgan fingerprint density at radius 1 is 1.00 bits per heavy atom. The Bertz CT molecular complexity index is 458. The van der Waals surface area contributed by atoms with Crippen molar-refractivity contribution in [2.75, 3.05) is 6.54 Å². The van der Waals surface area contributed by atoms with E-state index < -0.39 is 0 Å². The van der Waals surface area contributed by atoms with Crippen molar-refractivity contribution >= 4 is 0 Å². The van der Waals surface area contributed by atoms with Crippen LogP contribution in [-0.2, 0) is 13.0 Å². The van der Waals surface area contributed by atoms with Crippen LogP contribution in [0.1, 0.15) is 22.3 Å². The summed E-state index contributed by atoms with van der Waals surface area (Å²) in [6.45, 7) is 6.09. The van der Waals surface area contributed by atoms with Crippen LogP contribution >= 0.6 is 0 Å². The summed E-state index contributed by atoms with van der Waals surface area (Å²) in [7, 11) is 0. The van der Waals surface area contributed by atoms with Crippen LogP contribution in [0.2, 0.25) is 0 Å². The normalized spacial score (nSPS) is 10.6. The molecule has 0 saturated carbocycles. The minimum atomic E-state index is 0.889. The third kappa shape index (κ3) is 3.97. The van der Waals surface area contributed by atoms with E-state index in [1.807, 2.05) is 12.4 Å². The number of nitrogens with zero attached hydrogens (tertiary/aromatic N) is 1. The highest BCUT2D eigenvalue weighted by Crippen LogP contribution is 2.04. The Balaban J connectivity index is 1.76. The summed E-state index contributed by atoms with van der Waals surface area (Å²) in [6, 6.07) is 10.9. The summed E-state index contributed by atoms with van der Waals surface area (Å²) >= 11 is 0. The van der Waals surface area contributed by atoms with E-state index in [0.717, 1.165) is 19.5 Å². The van der Waals surface area contributed by atoms with Crippen LogP contribution in [0, 0.1) is 13.8 Å². The molecule has 94 valence electrons. The molecule has 18 heavy (non-hydrogen) atoms. The maximum Gasteiger partial charge on any atom is 0.0313 e. The minimum Gasteiger partial charge on any atom is -0.312 e. The predicted octanol–water partition coefficient (Wildman–Crippen LogP) is 3.03. The summed E-state index contributed by atoms with van der Waals surface area (Å²) < 4.78 is 0. The van der Waals surface area contributed by atoms with Crippen LogP contribution in [0.5, 0.6) is 0 Å².